The summed E-state index contributed by atoms with van der Waals surface area (Å²) < 4.78 is 38.7. The molecule has 0 aliphatic carbocycles. The second kappa shape index (κ2) is 25.0. The van der Waals surface area contributed by atoms with Crippen molar-refractivity contribution in [2.75, 3.05) is 0 Å². The molecule has 6 aromatic heterocycles. The lowest BCUT2D eigenvalue weighted by Gasteiger charge is -2.13. The third kappa shape index (κ3) is 11.3. The fraction of sp³-hybridized carbons (Fsp3) is 0. The highest BCUT2D eigenvalue weighted by molar-refractivity contribution is 6.10. The van der Waals surface area contributed by atoms with Crippen molar-refractivity contribution in [2.24, 2.45) is 0 Å². The van der Waals surface area contributed by atoms with E-state index in [0.717, 1.165) is 183 Å². The Bertz CT molecular complexity index is 6500. The number of benzene rings is 14. The molecule has 0 aliphatic rings. The number of hydrogen-bond donors (Lipinski definition) is 0. The number of hydrogen-bond acceptors (Lipinski definition) is 9. The lowest BCUT2D eigenvalue weighted by atomic mass is 9.94. The van der Waals surface area contributed by atoms with Crippen LogP contribution in [0.5, 0.6) is 0 Å². The Kier molecular flexibility index (Phi) is 14.6. The molecule has 0 N–H and O–H groups in total. The number of rotatable bonds is 10. The molecule has 0 fully saturated rings. The number of halogens is 1. The van der Waals surface area contributed by atoms with E-state index in [1.54, 1.807) is 12.1 Å². The van der Waals surface area contributed by atoms with Crippen LogP contribution in [0.1, 0.15) is 5.56 Å². The van der Waals surface area contributed by atoms with E-state index in [1.807, 2.05) is 170 Å². The van der Waals surface area contributed by atoms with Gasteiger partial charge in [0.25, 0.3) is 0 Å². The number of nitriles is 1. The summed E-state index contributed by atoms with van der Waals surface area (Å²) in [7, 11) is 0. The Hall–Kier alpha value is -14.1. The lowest BCUT2D eigenvalue weighted by Crippen LogP contribution is -1.97. The van der Waals surface area contributed by atoms with Gasteiger partial charge in [-0.1, -0.05) is 170 Å². The molecule has 20 aromatic rings. The van der Waals surface area contributed by atoms with Crippen LogP contribution in [-0.4, -0.2) is 19.9 Å². The van der Waals surface area contributed by atoms with Gasteiger partial charge in [0, 0.05) is 76.5 Å². The van der Waals surface area contributed by atoms with Crippen LogP contribution in [0.3, 0.4) is 0 Å². The van der Waals surface area contributed by atoms with Crippen molar-refractivity contribution in [1.82, 2.24) is 19.9 Å². The van der Waals surface area contributed by atoms with Gasteiger partial charge in [-0.2, -0.15) is 5.26 Å². The minimum atomic E-state index is -0.293. The van der Waals surface area contributed by atoms with Gasteiger partial charge in [-0.15, -0.1) is 0 Å². The first-order valence-electron chi connectivity index (χ1n) is 33.9. The number of fused-ring (bicyclic) bond motifs is 12. The fourth-order valence-electron chi connectivity index (χ4n) is 14.1. The zero-order valence-electron chi connectivity index (χ0n) is 54.9. The molecule has 0 saturated heterocycles. The quantitative estimate of drug-likeness (QED) is 0.131. The van der Waals surface area contributed by atoms with Gasteiger partial charge in [0.2, 0.25) is 0 Å². The molecule has 6 heterocycles. The molecule has 9 nitrogen and oxygen atoms in total. The highest BCUT2D eigenvalue weighted by Crippen LogP contribution is 2.43. The summed E-state index contributed by atoms with van der Waals surface area (Å²) in [6.45, 7) is 0. The number of nitrogens with zero attached hydrogens (tertiary/aromatic N) is 5. The second-order valence-electron chi connectivity index (χ2n) is 25.7. The minimum absolute atomic E-state index is 0.293. The van der Waals surface area contributed by atoms with Gasteiger partial charge < -0.3 is 17.7 Å². The van der Waals surface area contributed by atoms with Crippen molar-refractivity contribution in [3.05, 3.63) is 339 Å². The third-order valence-corrected chi connectivity index (χ3v) is 19.3. The van der Waals surface area contributed by atoms with Crippen molar-refractivity contribution in [3.8, 4) is 118 Å². The van der Waals surface area contributed by atoms with Gasteiger partial charge >= 0.3 is 0 Å². The Morgan fingerprint density at radius 2 is 0.466 bits per heavy atom. The van der Waals surface area contributed by atoms with Crippen molar-refractivity contribution >= 4 is 87.8 Å². The first kappa shape index (κ1) is 60.1. The molecular weight excluding hydrogens is 1270 g/mol. The molecule has 0 spiro atoms. The van der Waals surface area contributed by atoms with Crippen molar-refractivity contribution in [1.29, 1.82) is 5.26 Å². The topological polar surface area (TPSA) is 128 Å². The highest BCUT2D eigenvalue weighted by Gasteiger charge is 2.20. The van der Waals surface area contributed by atoms with Crippen LogP contribution in [0.4, 0.5) is 4.39 Å². The molecule has 0 amide bonds. The number of furan rings is 4. The summed E-state index contributed by atoms with van der Waals surface area (Å²) in [5.41, 5.74) is 24.3. The fourth-order valence-corrected chi connectivity index (χ4v) is 14.1. The van der Waals surface area contributed by atoms with Crippen molar-refractivity contribution in [2.45, 2.75) is 0 Å². The van der Waals surface area contributed by atoms with Gasteiger partial charge in [0.15, 0.2) is 11.6 Å². The monoisotopic (exact) mass is 1320 g/mol. The van der Waals surface area contributed by atoms with E-state index in [9.17, 15) is 9.65 Å². The van der Waals surface area contributed by atoms with Crippen LogP contribution in [-0.2, 0) is 0 Å². The van der Waals surface area contributed by atoms with E-state index >= 15 is 0 Å². The van der Waals surface area contributed by atoms with E-state index in [0.29, 0.717) is 22.9 Å². The largest absolute Gasteiger partial charge is 0.456 e. The molecule has 0 saturated carbocycles. The van der Waals surface area contributed by atoms with Gasteiger partial charge in [-0.05, 0) is 202 Å². The molecule has 14 aromatic carbocycles. The average molecular weight is 1320 g/mol. The van der Waals surface area contributed by atoms with E-state index in [1.165, 1.54) is 12.1 Å². The first-order chi connectivity index (χ1) is 50.8. The van der Waals surface area contributed by atoms with E-state index in [2.05, 4.69) is 140 Å². The molecule has 0 unspecified atom stereocenters. The Labute approximate surface area is 588 Å². The lowest BCUT2D eigenvalue weighted by molar-refractivity contribution is 0.628. The molecule has 0 bridgehead atoms. The SMILES string of the molecule is Fc1ccc(-c2cc(-c3ccccc3)nc(-c3cc(-c4ccc5oc6ccccc6c5c4)cc(-c4ccc5oc6ccccc6c5c4)c3)n2)cc1.N#Cc1ccc(-c2cc(-c3ccccc3)nc(-c3cc(-c4ccc5oc6ccccc6c5c4)cc(-c4ccc5oc6ccccc6c5c4)c3)n2)cc1. The molecular formula is C93H54FN5O4. The van der Waals surface area contributed by atoms with Gasteiger partial charge in [-0.25, -0.2) is 24.3 Å². The number of aromatic nitrogens is 4. The van der Waals surface area contributed by atoms with Crippen LogP contribution in [0.25, 0.3) is 200 Å². The normalized spacial score (nSPS) is 11.5. The Balaban J connectivity index is 0.000000142. The predicted octanol–water partition coefficient (Wildman–Crippen LogP) is 25.2. The molecule has 103 heavy (non-hydrogen) atoms. The molecule has 0 atom stereocenters. The molecule has 10 heteroatoms. The van der Waals surface area contributed by atoms with Crippen LogP contribution >= 0.6 is 0 Å². The van der Waals surface area contributed by atoms with Crippen LogP contribution in [0.2, 0.25) is 0 Å². The molecule has 0 aliphatic heterocycles. The van der Waals surface area contributed by atoms with Crippen LogP contribution < -0.4 is 0 Å². The Morgan fingerprint density at radius 1 is 0.214 bits per heavy atom. The molecule has 0 radical (unpaired) electrons. The van der Waals surface area contributed by atoms with Crippen molar-refractivity contribution < 1.29 is 22.1 Å². The van der Waals surface area contributed by atoms with Crippen molar-refractivity contribution in [3.63, 3.8) is 0 Å². The summed E-state index contributed by atoms with van der Waals surface area (Å²) in [4.78, 5) is 20.6. The van der Waals surface area contributed by atoms with Crippen LogP contribution in [0.15, 0.2) is 345 Å². The highest BCUT2D eigenvalue weighted by atomic mass is 19.1. The Morgan fingerprint density at radius 3 is 0.777 bits per heavy atom. The predicted molar refractivity (Wildman–Crippen MR) is 412 cm³/mol. The maximum atomic E-state index is 14.0. The third-order valence-electron chi connectivity index (χ3n) is 19.3. The van der Waals surface area contributed by atoms with Gasteiger partial charge in [-0.3, -0.25) is 0 Å². The standard InChI is InChI=1S/C47H27N3O2.C46H27FN2O2/c48-28-29-14-16-31(17-15-29)42-27-41(30-8-2-1-3-9-30)49-47(50-42)36-23-34(32-18-20-45-39(25-32)37-10-4-6-12-43(37)51-45)22-35(24-36)33-19-21-46-40(26-33)38-11-5-7-13-44(38)52-46;47-35-18-14-29(15-19-35)41-27-40(28-8-2-1-3-9-28)48-46(49-41)34-23-32(30-16-20-44-38(25-30)36-10-4-6-12-42(36)50-44)22-33(24-34)31-17-21-45-39(26-31)37-11-5-7-13-43(37)51-45/h1-27H;1-27H. The van der Waals surface area contributed by atoms with E-state index < -0.39 is 0 Å². The number of para-hydroxylation sites is 4. The molecule has 20 rings (SSSR count). The maximum Gasteiger partial charge on any atom is 0.160 e. The van der Waals surface area contributed by atoms with E-state index in [4.69, 9.17) is 37.6 Å². The summed E-state index contributed by atoms with van der Waals surface area (Å²) in [6.07, 6.45) is 0. The first-order valence-corrected chi connectivity index (χ1v) is 33.9. The minimum Gasteiger partial charge on any atom is -0.456 e. The maximum absolute atomic E-state index is 14.0. The summed E-state index contributed by atoms with van der Waals surface area (Å²) in [6, 6.07) is 111. The van der Waals surface area contributed by atoms with Gasteiger partial charge in [0.05, 0.1) is 34.4 Å². The summed E-state index contributed by atoms with van der Waals surface area (Å²) >= 11 is 0. The van der Waals surface area contributed by atoms with Crippen LogP contribution in [0, 0.1) is 17.1 Å². The summed E-state index contributed by atoms with van der Waals surface area (Å²) in [5.74, 6) is 0.885. The zero-order valence-corrected chi connectivity index (χ0v) is 54.9. The average Bonchev–Trinajstić information content (AvgIpc) is 0.907. The molecule has 482 valence electrons. The van der Waals surface area contributed by atoms with Gasteiger partial charge in [0.1, 0.15) is 50.5 Å². The smallest absolute Gasteiger partial charge is 0.160 e. The zero-order chi connectivity index (χ0) is 68.5. The van der Waals surface area contributed by atoms with E-state index in [-0.39, 0.29) is 5.82 Å². The summed E-state index contributed by atoms with van der Waals surface area (Å²) in [5, 5.41) is 18.0. The second-order valence-corrected chi connectivity index (χ2v) is 25.7.